The SMILES string of the molecule is Nc1ncnc2c1ncn2[C@@H]1O[C@H](COP(=O)(O)OP(=O)(O)O)[C@@H](O)C1O. The maximum absolute atomic E-state index is 11.5. The van der Waals surface area contributed by atoms with Crippen LogP contribution in [0.5, 0.6) is 0 Å². The van der Waals surface area contributed by atoms with Crippen LogP contribution >= 0.6 is 15.6 Å². The van der Waals surface area contributed by atoms with Crippen LogP contribution in [0.1, 0.15) is 6.23 Å². The van der Waals surface area contributed by atoms with Crippen molar-refractivity contribution in [2.24, 2.45) is 0 Å². The minimum absolute atomic E-state index is 0.0856. The Morgan fingerprint density at radius 2 is 1.89 bits per heavy atom. The maximum atomic E-state index is 11.5. The molecule has 5 atom stereocenters. The van der Waals surface area contributed by atoms with E-state index in [1.165, 1.54) is 10.9 Å². The average Bonchev–Trinajstić information content (AvgIpc) is 3.07. The van der Waals surface area contributed by atoms with Crippen LogP contribution < -0.4 is 5.73 Å². The molecule has 3 rings (SSSR count). The smallest absolute Gasteiger partial charge is 0.387 e. The zero-order valence-corrected chi connectivity index (χ0v) is 15.0. The molecule has 150 valence electrons. The highest BCUT2D eigenvalue weighted by Crippen LogP contribution is 2.57. The summed E-state index contributed by atoms with van der Waals surface area (Å²) in [6.07, 6.45) is -3.20. The molecule has 2 aromatic rings. The Labute approximate surface area is 150 Å². The molecule has 1 aliphatic rings. The Morgan fingerprint density at radius 3 is 2.56 bits per heavy atom. The Kier molecular flexibility index (Phi) is 5.35. The van der Waals surface area contributed by atoms with Crippen molar-refractivity contribution in [2.45, 2.75) is 24.5 Å². The number of aromatic nitrogens is 4. The fourth-order valence-corrected chi connectivity index (χ4v) is 4.08. The van der Waals surface area contributed by atoms with Crippen molar-refractivity contribution in [3.63, 3.8) is 0 Å². The lowest BCUT2D eigenvalue weighted by molar-refractivity contribution is -0.0503. The van der Waals surface area contributed by atoms with E-state index in [0.29, 0.717) is 0 Å². The van der Waals surface area contributed by atoms with Crippen molar-refractivity contribution in [1.82, 2.24) is 19.5 Å². The van der Waals surface area contributed by atoms with Crippen molar-refractivity contribution in [3.05, 3.63) is 12.7 Å². The second-order valence-electron chi connectivity index (χ2n) is 5.47. The Bertz CT molecular complexity index is 932. The maximum Gasteiger partial charge on any atom is 0.481 e. The summed E-state index contributed by atoms with van der Waals surface area (Å²) in [5.74, 6) is 0.0856. The first-order valence-electron chi connectivity index (χ1n) is 7.17. The normalized spacial score (nSPS) is 28.5. The van der Waals surface area contributed by atoms with Gasteiger partial charge in [0, 0.05) is 0 Å². The number of phosphoric ester groups is 1. The molecule has 0 aliphatic carbocycles. The molecule has 0 bridgehead atoms. The summed E-state index contributed by atoms with van der Waals surface area (Å²) in [5, 5.41) is 20.3. The first-order valence-corrected chi connectivity index (χ1v) is 10.2. The third kappa shape index (κ3) is 4.33. The van der Waals surface area contributed by atoms with Crippen LogP contribution in [0.2, 0.25) is 0 Å². The van der Waals surface area contributed by atoms with E-state index in [0.717, 1.165) is 6.33 Å². The van der Waals surface area contributed by atoms with E-state index in [-0.39, 0.29) is 17.0 Å². The number of ether oxygens (including phenoxy) is 1. The molecule has 0 saturated carbocycles. The average molecular weight is 427 g/mol. The molecule has 0 aromatic carbocycles. The molecule has 1 saturated heterocycles. The van der Waals surface area contributed by atoms with Gasteiger partial charge in [-0.1, -0.05) is 0 Å². The van der Waals surface area contributed by atoms with Gasteiger partial charge < -0.3 is 35.4 Å². The van der Waals surface area contributed by atoms with Gasteiger partial charge in [-0.05, 0) is 0 Å². The summed E-state index contributed by atoms with van der Waals surface area (Å²) in [6, 6.07) is 0. The number of nitrogens with two attached hydrogens (primary N) is 1. The molecule has 3 heterocycles. The number of nitrogen functional groups attached to an aromatic ring is 1. The van der Waals surface area contributed by atoms with Crippen LogP contribution in [-0.4, -0.2) is 69.3 Å². The van der Waals surface area contributed by atoms with Crippen LogP contribution in [-0.2, 0) is 22.7 Å². The molecule has 2 aromatic heterocycles. The van der Waals surface area contributed by atoms with Crippen molar-refractivity contribution in [1.29, 1.82) is 0 Å². The number of phosphoric acid groups is 2. The van der Waals surface area contributed by atoms with E-state index in [2.05, 4.69) is 23.8 Å². The lowest BCUT2D eigenvalue weighted by atomic mass is 10.1. The summed E-state index contributed by atoms with van der Waals surface area (Å²) < 4.78 is 36.8. The van der Waals surface area contributed by atoms with Gasteiger partial charge in [0.25, 0.3) is 0 Å². The first-order chi connectivity index (χ1) is 12.5. The van der Waals surface area contributed by atoms with Crippen LogP contribution in [0.25, 0.3) is 11.2 Å². The number of hydrogen-bond donors (Lipinski definition) is 6. The third-order valence-electron chi connectivity index (χ3n) is 3.61. The zero-order valence-electron chi connectivity index (χ0n) is 13.2. The van der Waals surface area contributed by atoms with Crippen LogP contribution in [0, 0.1) is 0 Å². The van der Waals surface area contributed by atoms with Crippen LogP contribution in [0.3, 0.4) is 0 Å². The van der Waals surface area contributed by atoms with Crippen molar-refractivity contribution in [3.8, 4) is 0 Å². The quantitative estimate of drug-likeness (QED) is 0.281. The lowest BCUT2D eigenvalue weighted by Crippen LogP contribution is -2.33. The number of aliphatic hydroxyl groups excluding tert-OH is 2. The predicted molar refractivity (Wildman–Crippen MR) is 84.6 cm³/mol. The number of rotatable bonds is 6. The molecule has 2 unspecified atom stereocenters. The summed E-state index contributed by atoms with van der Waals surface area (Å²) in [5.41, 5.74) is 6.11. The second-order valence-corrected chi connectivity index (χ2v) is 8.30. The minimum Gasteiger partial charge on any atom is -0.387 e. The summed E-state index contributed by atoms with van der Waals surface area (Å²) >= 11 is 0. The summed E-state index contributed by atoms with van der Waals surface area (Å²) in [7, 11) is -10.4. The van der Waals surface area contributed by atoms with Gasteiger partial charge in [0.15, 0.2) is 17.7 Å². The topological polar surface area (TPSA) is 233 Å². The van der Waals surface area contributed by atoms with Crippen molar-refractivity contribution < 1.29 is 47.6 Å². The number of anilines is 1. The largest absolute Gasteiger partial charge is 0.481 e. The molecule has 7 N–H and O–H groups in total. The standard InChI is InChI=1S/C10H15N5O10P2/c11-8-5-9(13-2-12-8)15(3-14-5)10-7(17)6(16)4(24-10)1-23-27(21,22)25-26(18,19)20/h2-4,6-7,10,16-17H,1H2,(H,21,22)(H2,11,12,13)(H2,18,19,20)/t4-,6-,7?,10-/m1/s1. The summed E-state index contributed by atoms with van der Waals surface area (Å²) in [4.78, 5) is 38.1. The Hall–Kier alpha value is -1.51. The number of imidazole rings is 1. The van der Waals surface area contributed by atoms with Gasteiger partial charge in [0.1, 0.15) is 30.2 Å². The molecular weight excluding hydrogens is 412 g/mol. The van der Waals surface area contributed by atoms with Gasteiger partial charge in [-0.2, -0.15) is 4.31 Å². The Morgan fingerprint density at radius 1 is 1.19 bits per heavy atom. The number of nitrogens with zero attached hydrogens (tertiary/aromatic N) is 4. The number of aliphatic hydroxyl groups is 2. The highest BCUT2D eigenvalue weighted by Gasteiger charge is 2.46. The molecule has 0 spiro atoms. The molecule has 15 nitrogen and oxygen atoms in total. The van der Waals surface area contributed by atoms with E-state index >= 15 is 0 Å². The predicted octanol–water partition coefficient (Wildman–Crippen LogP) is -1.75. The number of fused-ring (bicyclic) bond motifs is 1. The molecule has 0 radical (unpaired) electrons. The second kappa shape index (κ2) is 7.14. The van der Waals surface area contributed by atoms with Gasteiger partial charge >= 0.3 is 15.6 Å². The van der Waals surface area contributed by atoms with Crippen molar-refractivity contribution in [2.75, 3.05) is 12.3 Å². The minimum atomic E-state index is -5.29. The fraction of sp³-hybridized carbons (Fsp3) is 0.500. The van der Waals surface area contributed by atoms with Gasteiger partial charge in [-0.25, -0.2) is 24.1 Å². The van der Waals surface area contributed by atoms with Crippen molar-refractivity contribution >= 4 is 32.6 Å². The Balaban J connectivity index is 1.75. The van der Waals surface area contributed by atoms with E-state index in [9.17, 15) is 24.2 Å². The number of hydrogen-bond acceptors (Lipinski definition) is 11. The zero-order chi connectivity index (χ0) is 20.0. The van der Waals surface area contributed by atoms with E-state index in [1.807, 2.05) is 0 Å². The molecule has 0 amide bonds. The molecule has 1 aliphatic heterocycles. The molecule has 17 heteroatoms. The molecule has 1 fully saturated rings. The highest BCUT2D eigenvalue weighted by atomic mass is 31.3. The van der Waals surface area contributed by atoms with Gasteiger partial charge in [0.2, 0.25) is 0 Å². The van der Waals surface area contributed by atoms with E-state index in [1.54, 1.807) is 0 Å². The monoisotopic (exact) mass is 427 g/mol. The van der Waals surface area contributed by atoms with Crippen LogP contribution in [0.4, 0.5) is 5.82 Å². The molecular formula is C10H15N5O10P2. The van der Waals surface area contributed by atoms with Gasteiger partial charge in [-0.3, -0.25) is 9.09 Å². The van der Waals surface area contributed by atoms with E-state index < -0.39 is 46.8 Å². The molecule has 27 heavy (non-hydrogen) atoms. The van der Waals surface area contributed by atoms with Gasteiger partial charge in [0.05, 0.1) is 12.9 Å². The van der Waals surface area contributed by atoms with Gasteiger partial charge in [-0.15, -0.1) is 0 Å². The third-order valence-corrected chi connectivity index (χ3v) is 5.76. The fourth-order valence-electron chi connectivity index (χ4n) is 2.48. The van der Waals surface area contributed by atoms with Crippen LogP contribution in [0.15, 0.2) is 12.7 Å². The lowest BCUT2D eigenvalue weighted by Gasteiger charge is -2.17. The van der Waals surface area contributed by atoms with E-state index in [4.69, 9.17) is 20.3 Å². The summed E-state index contributed by atoms with van der Waals surface area (Å²) in [6.45, 7) is -0.813. The first kappa shape index (κ1) is 20.2. The highest BCUT2D eigenvalue weighted by molar-refractivity contribution is 7.60.